The Morgan fingerprint density at radius 2 is 1.74 bits per heavy atom. The fraction of sp³-hybridized carbons (Fsp3) is 0.615. The van der Waals surface area contributed by atoms with E-state index in [0.29, 0.717) is 46.8 Å². The number of aliphatic hydroxyl groups is 1. The van der Waals surface area contributed by atoms with Crippen LogP contribution in [0.2, 0.25) is 0 Å². The Bertz CT molecular complexity index is 1170. The van der Waals surface area contributed by atoms with E-state index in [2.05, 4.69) is 43.7 Å². The highest BCUT2D eigenvalue weighted by Gasteiger charge is 2.24. The fourth-order valence-electron chi connectivity index (χ4n) is 3.23. The second kappa shape index (κ2) is 18.6. The number of hydrogen-bond acceptors (Lipinski definition) is 10. The summed E-state index contributed by atoms with van der Waals surface area (Å²) in [5.74, 6) is -0.858. The smallest absolute Gasteiger partial charge is 0.407 e. The van der Waals surface area contributed by atoms with E-state index in [4.69, 9.17) is 4.74 Å². The van der Waals surface area contributed by atoms with Crippen LogP contribution in [0.3, 0.4) is 0 Å². The van der Waals surface area contributed by atoms with E-state index >= 15 is 0 Å². The van der Waals surface area contributed by atoms with Crippen LogP contribution >= 0.6 is 22.7 Å². The molecular weight excluding hydrogens is 715 g/mol. The van der Waals surface area contributed by atoms with Crippen molar-refractivity contribution in [2.24, 2.45) is 5.92 Å². The minimum absolute atomic E-state index is 0. The van der Waals surface area contributed by atoms with Gasteiger partial charge in [0, 0.05) is 43.2 Å². The number of carbonyl (C=O) groups excluding carboxylic acids is 4. The summed E-state index contributed by atoms with van der Waals surface area (Å²) in [5, 5.41) is 25.8. The molecule has 2 rings (SSSR count). The van der Waals surface area contributed by atoms with Crippen LogP contribution in [-0.4, -0.2) is 95.0 Å². The third kappa shape index (κ3) is 14.4. The van der Waals surface area contributed by atoms with Crippen LogP contribution in [-0.2, 0) is 31.6 Å². The van der Waals surface area contributed by atoms with Crippen molar-refractivity contribution in [3.05, 3.63) is 21.5 Å². The molecule has 2 atom stereocenters. The number of amides is 4. The molecule has 42 heavy (non-hydrogen) atoms. The van der Waals surface area contributed by atoms with Gasteiger partial charge in [-0.15, -0.1) is 22.7 Å². The molecule has 0 radical (unpaired) electrons. The number of thiazole rings is 2. The number of hydrogen-bond donors (Lipinski definition) is 5. The lowest BCUT2D eigenvalue weighted by atomic mass is 10.0. The zero-order chi connectivity index (χ0) is 30.6. The number of alkyl carbamates (subject to hydrolysis) is 1. The van der Waals surface area contributed by atoms with Gasteiger partial charge >= 0.3 is 6.09 Å². The molecule has 0 aliphatic carbocycles. The minimum Gasteiger partial charge on any atom is -1.00 e. The van der Waals surface area contributed by atoms with Crippen molar-refractivity contribution in [3.8, 4) is 10.7 Å². The fourth-order valence-corrected chi connectivity index (χ4v) is 5.56. The summed E-state index contributed by atoms with van der Waals surface area (Å²) in [4.78, 5) is 57.5. The zero-order valence-corrected chi connectivity index (χ0v) is 29.4. The average Bonchev–Trinajstić information content (AvgIpc) is 3.57. The van der Waals surface area contributed by atoms with Gasteiger partial charge in [-0.2, -0.15) is 0 Å². The van der Waals surface area contributed by atoms with E-state index in [9.17, 15) is 24.3 Å². The largest absolute Gasteiger partial charge is 1.00 e. The van der Waals surface area contributed by atoms with Gasteiger partial charge in [0.05, 0.1) is 36.1 Å². The molecule has 0 bridgehead atoms. The number of ether oxygens (including phenoxy) is 1. The molecule has 0 saturated heterocycles. The van der Waals surface area contributed by atoms with Gasteiger partial charge in [0.25, 0.3) is 5.91 Å². The molecule has 0 aliphatic heterocycles. The summed E-state index contributed by atoms with van der Waals surface area (Å²) in [5.41, 5.74) is 0.383. The standard InChI is InChI=1S/C26H40N6O6S3.HI/c1-16(19(33)12-30-25(37)38-26(2,3)4)22(35)29-13-20(34)27-10-8-21-31-18(15-39-21)24-32-17(14-40-24)23(36)28-9-7-11-41(5)6;/h14-16,19,33H,7-13H2,1-6H3,(H3-,27,28,29,30,34,35,36,37);1H/t16-,19+;/m1./s1. The molecule has 0 spiro atoms. The maximum Gasteiger partial charge on any atom is 0.407 e. The number of aliphatic hydroxyl groups excluding tert-OH is 1. The van der Waals surface area contributed by atoms with Crippen molar-refractivity contribution in [2.75, 3.05) is 44.4 Å². The van der Waals surface area contributed by atoms with Gasteiger partial charge in [0.15, 0.2) is 0 Å². The van der Waals surface area contributed by atoms with Crippen molar-refractivity contribution in [2.45, 2.75) is 52.2 Å². The molecular formula is C26H41IN6O6S3. The minimum atomic E-state index is -1.15. The van der Waals surface area contributed by atoms with Crippen LogP contribution in [0, 0.1) is 5.92 Å². The summed E-state index contributed by atoms with van der Waals surface area (Å²) in [6.45, 7) is 7.19. The van der Waals surface area contributed by atoms with E-state index in [1.54, 1.807) is 26.2 Å². The highest BCUT2D eigenvalue weighted by atomic mass is 127. The second-order valence-electron chi connectivity index (χ2n) is 10.5. The van der Waals surface area contributed by atoms with Gasteiger partial charge in [0.2, 0.25) is 11.8 Å². The first kappa shape index (κ1) is 38.0. The van der Waals surface area contributed by atoms with Crippen molar-refractivity contribution in [1.82, 2.24) is 31.2 Å². The van der Waals surface area contributed by atoms with Crippen LogP contribution in [0.1, 0.15) is 49.6 Å². The lowest BCUT2D eigenvalue weighted by Gasteiger charge is -2.22. The van der Waals surface area contributed by atoms with E-state index in [-0.39, 0.29) is 48.9 Å². The third-order valence-corrected chi connectivity index (χ3v) is 8.33. The Balaban J connectivity index is 0.00000882. The van der Waals surface area contributed by atoms with Gasteiger partial charge in [-0.3, -0.25) is 14.4 Å². The number of rotatable bonds is 15. The van der Waals surface area contributed by atoms with Gasteiger partial charge in [0.1, 0.15) is 27.7 Å². The summed E-state index contributed by atoms with van der Waals surface area (Å²) < 4.78 is 5.10. The van der Waals surface area contributed by atoms with Gasteiger partial charge in [-0.05, 0) is 31.7 Å². The maximum atomic E-state index is 12.3. The SMILES string of the molecule is C[C@@H](C(=O)NCC(=O)NCCc1nc(-c2nc(C(=O)NCCC[S+](C)C)cs2)cs1)[C@@H](O)CNC(=O)OC(C)(C)C.[I-]. The summed E-state index contributed by atoms with van der Waals surface area (Å²) in [6, 6.07) is 0. The van der Waals surface area contributed by atoms with Gasteiger partial charge < -0.3 is 55.1 Å². The van der Waals surface area contributed by atoms with E-state index in [1.807, 2.05) is 5.38 Å². The van der Waals surface area contributed by atoms with Crippen molar-refractivity contribution in [3.63, 3.8) is 0 Å². The van der Waals surface area contributed by atoms with Crippen LogP contribution in [0.25, 0.3) is 10.7 Å². The van der Waals surface area contributed by atoms with Crippen molar-refractivity contribution in [1.29, 1.82) is 0 Å². The molecule has 4 amide bonds. The second-order valence-corrected chi connectivity index (χ2v) is 14.7. The van der Waals surface area contributed by atoms with Gasteiger partial charge in [-0.25, -0.2) is 14.8 Å². The number of halogens is 1. The van der Waals surface area contributed by atoms with Gasteiger partial charge in [-0.1, -0.05) is 6.92 Å². The van der Waals surface area contributed by atoms with Crippen LogP contribution in [0.4, 0.5) is 4.79 Å². The van der Waals surface area contributed by atoms with Crippen molar-refractivity contribution < 1.29 is 53.0 Å². The first-order valence-electron chi connectivity index (χ1n) is 13.2. The van der Waals surface area contributed by atoms with E-state index in [0.717, 1.165) is 17.2 Å². The molecule has 0 saturated carbocycles. The number of carbonyl (C=O) groups is 4. The van der Waals surface area contributed by atoms with Crippen LogP contribution in [0.15, 0.2) is 10.8 Å². The Hall–Kier alpha value is -2.02. The molecule has 0 aromatic carbocycles. The quantitative estimate of drug-likeness (QED) is 0.0837. The third-order valence-electron chi connectivity index (χ3n) is 5.45. The molecule has 2 heterocycles. The molecule has 12 nitrogen and oxygen atoms in total. The molecule has 0 unspecified atom stereocenters. The first-order chi connectivity index (χ1) is 19.2. The Kier molecular flexibility index (Phi) is 16.8. The first-order valence-corrected chi connectivity index (χ1v) is 17.1. The molecule has 2 aromatic rings. The lowest BCUT2D eigenvalue weighted by molar-refractivity contribution is -0.130. The number of aromatic nitrogens is 2. The molecule has 16 heteroatoms. The normalized spacial score (nSPS) is 12.6. The monoisotopic (exact) mass is 756 g/mol. The maximum absolute atomic E-state index is 12.3. The Morgan fingerprint density at radius 3 is 2.40 bits per heavy atom. The molecule has 0 aliphatic rings. The van der Waals surface area contributed by atoms with Crippen molar-refractivity contribution >= 4 is 57.4 Å². The predicted octanol–water partition coefficient (Wildman–Crippen LogP) is -1.43. The predicted molar refractivity (Wildman–Crippen MR) is 163 cm³/mol. The Morgan fingerprint density at radius 1 is 1.02 bits per heavy atom. The van der Waals surface area contributed by atoms with E-state index in [1.165, 1.54) is 29.6 Å². The lowest BCUT2D eigenvalue weighted by Crippen LogP contribution is -3.00. The Labute approximate surface area is 274 Å². The zero-order valence-electron chi connectivity index (χ0n) is 24.7. The molecule has 0 fully saturated rings. The number of nitrogens with one attached hydrogen (secondary N) is 4. The molecule has 5 N–H and O–H groups in total. The summed E-state index contributed by atoms with van der Waals surface area (Å²) in [6.07, 6.45) is 3.94. The molecule has 2 aromatic heterocycles. The highest BCUT2D eigenvalue weighted by molar-refractivity contribution is 7.95. The van der Waals surface area contributed by atoms with Crippen LogP contribution in [0.5, 0.6) is 0 Å². The number of nitrogens with zero attached hydrogens (tertiary/aromatic N) is 2. The highest BCUT2D eigenvalue weighted by Crippen LogP contribution is 2.25. The van der Waals surface area contributed by atoms with Crippen LogP contribution < -0.4 is 45.2 Å². The summed E-state index contributed by atoms with van der Waals surface area (Å²) in [7, 11) is 0.356. The summed E-state index contributed by atoms with van der Waals surface area (Å²) >= 11 is 2.79. The van der Waals surface area contributed by atoms with E-state index < -0.39 is 29.6 Å². The average molecular weight is 757 g/mol. The topological polar surface area (TPSA) is 172 Å². The molecule has 236 valence electrons.